The molecule has 2 heteroatoms. The zero-order valence-corrected chi connectivity index (χ0v) is 8.20. The Labute approximate surface area is 79.4 Å². The Bertz CT molecular complexity index is 273. The van der Waals surface area contributed by atoms with Gasteiger partial charge in [0, 0.05) is 6.04 Å². The van der Waals surface area contributed by atoms with Gasteiger partial charge in [-0.2, -0.15) is 0 Å². The summed E-state index contributed by atoms with van der Waals surface area (Å²) in [4.78, 5) is 0. The van der Waals surface area contributed by atoms with E-state index in [9.17, 15) is 5.11 Å². The van der Waals surface area contributed by atoms with Crippen molar-refractivity contribution in [3.8, 4) is 0 Å². The Morgan fingerprint density at radius 2 is 2.00 bits per heavy atom. The van der Waals surface area contributed by atoms with Crippen molar-refractivity contribution in [3.05, 3.63) is 35.4 Å². The third-order valence-electron chi connectivity index (χ3n) is 2.38. The summed E-state index contributed by atoms with van der Waals surface area (Å²) in [5, 5.41) is 9.84. The monoisotopic (exact) mass is 179 g/mol. The molecule has 0 fully saturated rings. The maximum atomic E-state index is 9.84. The molecule has 3 N–H and O–H groups in total. The number of aryl methyl sites for hydroxylation is 1. The molecule has 1 rings (SSSR count). The predicted molar refractivity (Wildman–Crippen MR) is 54.4 cm³/mol. The van der Waals surface area contributed by atoms with Crippen LogP contribution in [0.3, 0.4) is 0 Å². The van der Waals surface area contributed by atoms with E-state index in [0.717, 1.165) is 17.5 Å². The first-order chi connectivity index (χ1) is 6.16. The molecule has 0 aliphatic rings. The van der Waals surface area contributed by atoms with Gasteiger partial charge in [-0.25, -0.2) is 0 Å². The van der Waals surface area contributed by atoms with Crippen LogP contribution in [0.5, 0.6) is 0 Å². The van der Waals surface area contributed by atoms with Crippen molar-refractivity contribution in [2.75, 3.05) is 0 Å². The molecule has 0 aromatic heterocycles. The SMILES string of the molecule is CCC(N)C(O)c1ccccc1C. The van der Waals surface area contributed by atoms with Crippen molar-refractivity contribution in [2.45, 2.75) is 32.4 Å². The van der Waals surface area contributed by atoms with Crippen molar-refractivity contribution in [1.82, 2.24) is 0 Å². The average molecular weight is 179 g/mol. The van der Waals surface area contributed by atoms with E-state index < -0.39 is 6.10 Å². The van der Waals surface area contributed by atoms with Gasteiger partial charge in [0.15, 0.2) is 0 Å². The standard InChI is InChI=1S/C11H17NO/c1-3-10(12)11(13)9-7-5-4-6-8(9)2/h4-7,10-11,13H,3,12H2,1-2H3. The Kier molecular flexibility index (Phi) is 3.46. The summed E-state index contributed by atoms with van der Waals surface area (Å²) < 4.78 is 0. The number of hydrogen-bond acceptors (Lipinski definition) is 2. The van der Waals surface area contributed by atoms with E-state index in [2.05, 4.69) is 0 Å². The van der Waals surface area contributed by atoms with E-state index >= 15 is 0 Å². The summed E-state index contributed by atoms with van der Waals surface area (Å²) in [5.74, 6) is 0. The van der Waals surface area contributed by atoms with Gasteiger partial charge in [0.1, 0.15) is 0 Å². The minimum absolute atomic E-state index is 0.166. The Morgan fingerprint density at radius 1 is 1.38 bits per heavy atom. The van der Waals surface area contributed by atoms with Crippen molar-refractivity contribution < 1.29 is 5.11 Å². The second-order valence-electron chi connectivity index (χ2n) is 3.37. The first kappa shape index (κ1) is 10.2. The number of nitrogens with two attached hydrogens (primary N) is 1. The van der Waals surface area contributed by atoms with Crippen LogP contribution in [0.2, 0.25) is 0 Å². The summed E-state index contributed by atoms with van der Waals surface area (Å²) >= 11 is 0. The fourth-order valence-electron chi connectivity index (χ4n) is 1.37. The smallest absolute Gasteiger partial charge is 0.0943 e. The predicted octanol–water partition coefficient (Wildman–Crippen LogP) is 1.77. The van der Waals surface area contributed by atoms with E-state index in [1.807, 2.05) is 38.1 Å². The molecule has 1 aromatic carbocycles. The molecule has 0 radical (unpaired) electrons. The molecule has 0 saturated carbocycles. The van der Waals surface area contributed by atoms with Gasteiger partial charge in [-0.05, 0) is 24.5 Å². The second-order valence-corrected chi connectivity index (χ2v) is 3.37. The number of aliphatic hydroxyl groups is 1. The Balaban J connectivity index is 2.88. The van der Waals surface area contributed by atoms with E-state index in [1.54, 1.807) is 0 Å². The van der Waals surface area contributed by atoms with E-state index in [0.29, 0.717) is 0 Å². The maximum absolute atomic E-state index is 9.84. The maximum Gasteiger partial charge on any atom is 0.0943 e. The summed E-state index contributed by atoms with van der Waals surface area (Å²) in [7, 11) is 0. The number of hydrogen-bond donors (Lipinski definition) is 2. The number of benzene rings is 1. The van der Waals surface area contributed by atoms with Gasteiger partial charge >= 0.3 is 0 Å². The van der Waals surface area contributed by atoms with Crippen molar-refractivity contribution >= 4 is 0 Å². The van der Waals surface area contributed by atoms with Gasteiger partial charge in [-0.15, -0.1) is 0 Å². The summed E-state index contributed by atoms with van der Waals surface area (Å²) in [5.41, 5.74) is 7.81. The van der Waals surface area contributed by atoms with E-state index in [4.69, 9.17) is 5.73 Å². The largest absolute Gasteiger partial charge is 0.387 e. The highest BCUT2D eigenvalue weighted by Crippen LogP contribution is 2.20. The lowest BCUT2D eigenvalue weighted by molar-refractivity contribution is 0.144. The van der Waals surface area contributed by atoms with Gasteiger partial charge in [0.2, 0.25) is 0 Å². The minimum atomic E-state index is -0.536. The van der Waals surface area contributed by atoms with Crippen LogP contribution in [-0.4, -0.2) is 11.1 Å². The molecule has 0 bridgehead atoms. The third kappa shape index (κ3) is 2.29. The van der Waals surface area contributed by atoms with Crippen molar-refractivity contribution in [2.24, 2.45) is 5.73 Å². The highest BCUT2D eigenvalue weighted by molar-refractivity contribution is 5.28. The normalized spacial score (nSPS) is 15.4. The van der Waals surface area contributed by atoms with Crippen molar-refractivity contribution in [3.63, 3.8) is 0 Å². The molecule has 2 nitrogen and oxygen atoms in total. The van der Waals surface area contributed by atoms with Crippen LogP contribution in [0.1, 0.15) is 30.6 Å². The first-order valence-corrected chi connectivity index (χ1v) is 4.66. The minimum Gasteiger partial charge on any atom is -0.387 e. The molecule has 0 aliphatic heterocycles. The van der Waals surface area contributed by atoms with Crippen LogP contribution in [0, 0.1) is 6.92 Å². The fourth-order valence-corrected chi connectivity index (χ4v) is 1.37. The summed E-state index contributed by atoms with van der Waals surface area (Å²) in [6.45, 7) is 3.97. The van der Waals surface area contributed by atoms with Gasteiger partial charge in [0.25, 0.3) is 0 Å². The first-order valence-electron chi connectivity index (χ1n) is 4.66. The Morgan fingerprint density at radius 3 is 2.54 bits per heavy atom. The molecule has 0 amide bonds. The lowest BCUT2D eigenvalue weighted by Gasteiger charge is -2.19. The molecular formula is C11H17NO. The fraction of sp³-hybridized carbons (Fsp3) is 0.455. The Hall–Kier alpha value is -0.860. The molecule has 13 heavy (non-hydrogen) atoms. The molecule has 0 saturated heterocycles. The second kappa shape index (κ2) is 4.40. The molecule has 0 aliphatic carbocycles. The van der Waals surface area contributed by atoms with Crippen LogP contribution in [0.25, 0.3) is 0 Å². The lowest BCUT2D eigenvalue weighted by atomic mass is 9.97. The summed E-state index contributed by atoms with van der Waals surface area (Å²) in [6.07, 6.45) is 0.251. The molecular weight excluding hydrogens is 162 g/mol. The van der Waals surface area contributed by atoms with E-state index in [1.165, 1.54) is 0 Å². The van der Waals surface area contributed by atoms with Crippen LogP contribution < -0.4 is 5.73 Å². The number of aliphatic hydroxyl groups excluding tert-OH is 1. The molecule has 0 heterocycles. The van der Waals surface area contributed by atoms with Crippen molar-refractivity contribution in [1.29, 1.82) is 0 Å². The van der Waals surface area contributed by atoms with Gasteiger partial charge in [-0.3, -0.25) is 0 Å². The van der Waals surface area contributed by atoms with Crippen LogP contribution in [-0.2, 0) is 0 Å². The summed E-state index contributed by atoms with van der Waals surface area (Å²) in [6, 6.07) is 7.63. The lowest BCUT2D eigenvalue weighted by Crippen LogP contribution is -2.27. The quantitative estimate of drug-likeness (QED) is 0.742. The van der Waals surface area contributed by atoms with Gasteiger partial charge < -0.3 is 10.8 Å². The molecule has 72 valence electrons. The van der Waals surface area contributed by atoms with Crippen LogP contribution in [0.15, 0.2) is 24.3 Å². The van der Waals surface area contributed by atoms with Gasteiger partial charge in [0.05, 0.1) is 6.10 Å². The highest BCUT2D eigenvalue weighted by atomic mass is 16.3. The average Bonchev–Trinajstić information content (AvgIpc) is 2.16. The topological polar surface area (TPSA) is 46.2 Å². The molecule has 2 atom stereocenters. The zero-order valence-electron chi connectivity index (χ0n) is 8.20. The highest BCUT2D eigenvalue weighted by Gasteiger charge is 2.15. The molecule has 2 unspecified atom stereocenters. The van der Waals surface area contributed by atoms with Gasteiger partial charge in [-0.1, -0.05) is 31.2 Å². The number of rotatable bonds is 3. The molecule has 0 spiro atoms. The van der Waals surface area contributed by atoms with Crippen LogP contribution >= 0.6 is 0 Å². The zero-order chi connectivity index (χ0) is 9.84. The van der Waals surface area contributed by atoms with Crippen LogP contribution in [0.4, 0.5) is 0 Å². The molecule has 1 aromatic rings. The third-order valence-corrected chi connectivity index (χ3v) is 2.38. The van der Waals surface area contributed by atoms with E-state index in [-0.39, 0.29) is 6.04 Å².